The largest absolute Gasteiger partial charge is 0.339 e. The molecule has 5 heteroatoms. The average Bonchev–Trinajstić information content (AvgIpc) is 2.46. The van der Waals surface area contributed by atoms with Crippen molar-refractivity contribution in [2.45, 2.75) is 26.9 Å². The summed E-state index contributed by atoms with van der Waals surface area (Å²) in [5.41, 5.74) is 3.93. The molecule has 0 heterocycles. The fraction of sp³-hybridized carbons (Fsp3) is 0.222. The summed E-state index contributed by atoms with van der Waals surface area (Å²) in [6.45, 7) is 4.64. The van der Waals surface area contributed by atoms with Crippen molar-refractivity contribution < 1.29 is 14.9 Å². The summed E-state index contributed by atoms with van der Waals surface area (Å²) in [6, 6.07) is 15.7. The van der Waals surface area contributed by atoms with Crippen LogP contribution in [-0.2, 0) is 22.7 Å². The number of anilines is 2. The standard InChI is InChI=1S/C18H21N3O2/c1-13(22)20-17-7-3-5-15(9-17)11-19-12-16-6-4-8-18(10-16)21-14(2)23/h3-10,19H,11-12H2,1-2H3,(H,20,22)(H,21,23)/p+1. The number of nitrogens with two attached hydrogens (primary N) is 1. The van der Waals surface area contributed by atoms with Gasteiger partial charge in [0, 0.05) is 36.3 Å². The Labute approximate surface area is 136 Å². The zero-order valence-electron chi connectivity index (χ0n) is 13.4. The van der Waals surface area contributed by atoms with Crippen LogP contribution in [0, 0.1) is 0 Å². The number of carbonyl (C=O) groups excluding carboxylic acids is 2. The van der Waals surface area contributed by atoms with Gasteiger partial charge < -0.3 is 16.0 Å². The lowest BCUT2D eigenvalue weighted by Gasteiger charge is -2.07. The molecule has 0 aliphatic heterocycles. The van der Waals surface area contributed by atoms with E-state index in [4.69, 9.17) is 0 Å². The molecule has 0 atom stereocenters. The zero-order valence-corrected chi connectivity index (χ0v) is 13.4. The lowest BCUT2D eigenvalue weighted by molar-refractivity contribution is -0.686. The van der Waals surface area contributed by atoms with E-state index in [9.17, 15) is 9.59 Å². The third kappa shape index (κ3) is 5.92. The summed E-state index contributed by atoms with van der Waals surface area (Å²) >= 11 is 0. The van der Waals surface area contributed by atoms with Crippen molar-refractivity contribution in [2.75, 3.05) is 10.6 Å². The number of rotatable bonds is 6. The molecule has 2 aromatic carbocycles. The second-order valence-corrected chi connectivity index (χ2v) is 5.46. The first kappa shape index (κ1) is 16.7. The van der Waals surface area contributed by atoms with Crippen molar-refractivity contribution in [1.82, 2.24) is 0 Å². The summed E-state index contributed by atoms with van der Waals surface area (Å²) < 4.78 is 0. The number of amides is 2. The summed E-state index contributed by atoms with van der Waals surface area (Å²) in [5, 5.41) is 7.75. The van der Waals surface area contributed by atoms with Gasteiger partial charge in [0.15, 0.2) is 0 Å². The van der Waals surface area contributed by atoms with Crippen molar-refractivity contribution in [1.29, 1.82) is 0 Å². The van der Waals surface area contributed by atoms with Crippen LogP contribution in [0.15, 0.2) is 48.5 Å². The van der Waals surface area contributed by atoms with E-state index in [0.29, 0.717) is 0 Å². The minimum Gasteiger partial charge on any atom is -0.339 e. The van der Waals surface area contributed by atoms with Crippen molar-refractivity contribution in [3.8, 4) is 0 Å². The molecule has 120 valence electrons. The molecule has 0 radical (unpaired) electrons. The van der Waals surface area contributed by atoms with Crippen LogP contribution >= 0.6 is 0 Å². The normalized spacial score (nSPS) is 10.2. The van der Waals surface area contributed by atoms with Gasteiger partial charge in [-0.3, -0.25) is 9.59 Å². The third-order valence-corrected chi connectivity index (χ3v) is 3.25. The molecule has 0 fully saturated rings. The van der Waals surface area contributed by atoms with Gasteiger partial charge in [0.05, 0.1) is 0 Å². The molecular weight excluding hydrogens is 290 g/mol. The van der Waals surface area contributed by atoms with E-state index in [1.54, 1.807) is 0 Å². The number of carbonyl (C=O) groups is 2. The molecule has 2 aromatic rings. The molecular formula is C18H22N3O2+. The molecule has 23 heavy (non-hydrogen) atoms. The zero-order chi connectivity index (χ0) is 16.7. The Bertz CT molecular complexity index is 639. The highest BCUT2D eigenvalue weighted by molar-refractivity contribution is 5.89. The van der Waals surface area contributed by atoms with E-state index in [1.807, 2.05) is 48.5 Å². The first-order chi connectivity index (χ1) is 11.0. The van der Waals surface area contributed by atoms with Gasteiger partial charge in [-0.2, -0.15) is 0 Å². The number of hydrogen-bond acceptors (Lipinski definition) is 2. The van der Waals surface area contributed by atoms with Gasteiger partial charge >= 0.3 is 0 Å². The lowest BCUT2D eigenvalue weighted by Crippen LogP contribution is -2.80. The summed E-state index contributed by atoms with van der Waals surface area (Å²) in [6.07, 6.45) is 0. The summed E-state index contributed by atoms with van der Waals surface area (Å²) in [7, 11) is 0. The summed E-state index contributed by atoms with van der Waals surface area (Å²) in [4.78, 5) is 22.2. The third-order valence-electron chi connectivity index (χ3n) is 3.25. The van der Waals surface area contributed by atoms with Crippen molar-refractivity contribution in [2.24, 2.45) is 0 Å². The van der Waals surface area contributed by atoms with Crippen LogP contribution in [-0.4, -0.2) is 11.8 Å². The Morgan fingerprint density at radius 3 is 1.65 bits per heavy atom. The smallest absolute Gasteiger partial charge is 0.221 e. The highest BCUT2D eigenvalue weighted by atomic mass is 16.2. The van der Waals surface area contributed by atoms with Gasteiger partial charge in [0.25, 0.3) is 0 Å². The molecule has 0 bridgehead atoms. The predicted molar refractivity (Wildman–Crippen MR) is 90.8 cm³/mol. The minimum absolute atomic E-state index is 0.0686. The molecule has 0 aliphatic carbocycles. The monoisotopic (exact) mass is 312 g/mol. The van der Waals surface area contributed by atoms with E-state index in [1.165, 1.54) is 13.8 Å². The van der Waals surface area contributed by atoms with Crippen LogP contribution in [0.4, 0.5) is 11.4 Å². The molecule has 0 saturated carbocycles. The Balaban J connectivity index is 1.89. The van der Waals surface area contributed by atoms with Crippen LogP contribution in [0.25, 0.3) is 0 Å². The molecule has 5 nitrogen and oxygen atoms in total. The quantitative estimate of drug-likeness (QED) is 0.762. The number of quaternary nitrogens is 1. The second-order valence-electron chi connectivity index (χ2n) is 5.46. The second kappa shape index (κ2) is 8.10. The van der Waals surface area contributed by atoms with Gasteiger partial charge in [-0.25, -0.2) is 0 Å². The number of nitrogens with one attached hydrogen (secondary N) is 2. The van der Waals surface area contributed by atoms with Gasteiger partial charge in [-0.1, -0.05) is 24.3 Å². The van der Waals surface area contributed by atoms with Crippen molar-refractivity contribution >= 4 is 23.2 Å². The van der Waals surface area contributed by atoms with E-state index in [0.717, 1.165) is 35.6 Å². The molecule has 2 rings (SSSR count). The Morgan fingerprint density at radius 2 is 1.26 bits per heavy atom. The fourth-order valence-corrected chi connectivity index (χ4v) is 2.36. The maximum Gasteiger partial charge on any atom is 0.221 e. The van der Waals surface area contributed by atoms with Crippen molar-refractivity contribution in [3.63, 3.8) is 0 Å². The topological polar surface area (TPSA) is 74.8 Å². The van der Waals surface area contributed by atoms with Gasteiger partial charge in [-0.15, -0.1) is 0 Å². The Morgan fingerprint density at radius 1 is 0.826 bits per heavy atom. The molecule has 2 amide bonds. The van der Waals surface area contributed by atoms with E-state index in [2.05, 4.69) is 16.0 Å². The number of benzene rings is 2. The molecule has 0 aromatic heterocycles. The molecule has 0 spiro atoms. The van der Waals surface area contributed by atoms with Crippen LogP contribution in [0.3, 0.4) is 0 Å². The van der Waals surface area contributed by atoms with Gasteiger partial charge in [-0.05, 0) is 24.3 Å². The molecule has 0 aliphatic rings. The molecule has 0 unspecified atom stereocenters. The average molecular weight is 312 g/mol. The summed E-state index contributed by atoms with van der Waals surface area (Å²) in [5.74, 6) is -0.137. The maximum absolute atomic E-state index is 11.1. The number of hydrogen-bond donors (Lipinski definition) is 3. The highest BCUT2D eigenvalue weighted by Crippen LogP contribution is 2.11. The Hall–Kier alpha value is -2.66. The van der Waals surface area contributed by atoms with E-state index >= 15 is 0 Å². The van der Waals surface area contributed by atoms with Crippen LogP contribution in [0.5, 0.6) is 0 Å². The van der Waals surface area contributed by atoms with Crippen LogP contribution in [0.2, 0.25) is 0 Å². The lowest BCUT2D eigenvalue weighted by atomic mass is 10.1. The molecule has 0 saturated heterocycles. The van der Waals surface area contributed by atoms with Gasteiger partial charge in [0.2, 0.25) is 11.8 Å². The fourth-order valence-electron chi connectivity index (χ4n) is 2.36. The SMILES string of the molecule is CC(=O)Nc1cccc(C[NH2+]Cc2cccc(NC(C)=O)c2)c1. The maximum atomic E-state index is 11.1. The van der Waals surface area contributed by atoms with E-state index in [-0.39, 0.29) is 11.8 Å². The first-order valence-electron chi connectivity index (χ1n) is 7.57. The van der Waals surface area contributed by atoms with Crippen LogP contribution in [0.1, 0.15) is 25.0 Å². The van der Waals surface area contributed by atoms with E-state index < -0.39 is 0 Å². The Kier molecular flexibility index (Phi) is 5.88. The minimum atomic E-state index is -0.0686. The first-order valence-corrected chi connectivity index (χ1v) is 7.57. The van der Waals surface area contributed by atoms with Crippen LogP contribution < -0.4 is 16.0 Å². The van der Waals surface area contributed by atoms with Crippen molar-refractivity contribution in [3.05, 3.63) is 59.7 Å². The molecule has 4 N–H and O–H groups in total. The highest BCUT2D eigenvalue weighted by Gasteiger charge is 2.02. The van der Waals surface area contributed by atoms with Gasteiger partial charge in [0.1, 0.15) is 13.1 Å². The predicted octanol–water partition coefficient (Wildman–Crippen LogP) is 1.87.